The topological polar surface area (TPSA) is 54.5 Å². The summed E-state index contributed by atoms with van der Waals surface area (Å²) in [7, 11) is 0. The molecule has 0 aliphatic carbocycles. The van der Waals surface area contributed by atoms with Crippen molar-refractivity contribution in [1.82, 2.24) is 14.8 Å². The van der Waals surface area contributed by atoms with Crippen LogP contribution in [-0.4, -0.2) is 14.8 Å². The summed E-state index contributed by atoms with van der Waals surface area (Å²) >= 11 is 0. The van der Waals surface area contributed by atoms with E-state index >= 15 is 0 Å². The Morgan fingerprint density at radius 2 is 2.11 bits per heavy atom. The smallest absolute Gasteiger partial charge is 0.150 e. The summed E-state index contributed by atoms with van der Waals surface area (Å²) in [5.41, 5.74) is 1.76. The highest BCUT2D eigenvalue weighted by atomic mass is 15.3. The summed E-state index contributed by atoms with van der Waals surface area (Å²) in [5, 5.41) is 13.4. The highest BCUT2D eigenvalue weighted by molar-refractivity contribution is 5.32. The molecule has 0 bridgehead atoms. The van der Waals surface area contributed by atoms with Crippen LogP contribution in [0.2, 0.25) is 0 Å². The third-order valence-electron chi connectivity index (χ3n) is 2.81. The Kier molecular flexibility index (Phi) is 3.73. The minimum Gasteiger partial charge on any atom is -0.245 e. The lowest BCUT2D eigenvalue weighted by Gasteiger charge is -2.04. The molecule has 1 aromatic heterocycles. The summed E-state index contributed by atoms with van der Waals surface area (Å²) in [6.07, 6.45) is 1.71. The first-order valence-corrected chi connectivity index (χ1v) is 6.18. The van der Waals surface area contributed by atoms with Crippen LogP contribution < -0.4 is 0 Å². The van der Waals surface area contributed by atoms with Crippen LogP contribution in [0.25, 0.3) is 0 Å². The van der Waals surface area contributed by atoms with Crippen molar-refractivity contribution in [2.24, 2.45) is 0 Å². The summed E-state index contributed by atoms with van der Waals surface area (Å²) in [6, 6.07) is 9.76. The first kappa shape index (κ1) is 12.3. The molecular formula is C14H16N4. The molecule has 1 heterocycles. The first-order chi connectivity index (χ1) is 8.76. The lowest BCUT2D eigenvalue weighted by Crippen LogP contribution is -2.06. The summed E-state index contributed by atoms with van der Waals surface area (Å²) < 4.78 is 1.93. The molecule has 0 unspecified atom stereocenters. The maximum Gasteiger partial charge on any atom is 0.150 e. The van der Waals surface area contributed by atoms with E-state index in [9.17, 15) is 0 Å². The monoisotopic (exact) mass is 240 g/mol. The van der Waals surface area contributed by atoms with Gasteiger partial charge in [-0.25, -0.2) is 9.67 Å². The van der Waals surface area contributed by atoms with Crippen molar-refractivity contribution in [2.75, 3.05) is 0 Å². The van der Waals surface area contributed by atoms with Gasteiger partial charge in [-0.2, -0.15) is 10.4 Å². The molecule has 4 heteroatoms. The number of rotatable bonds is 4. The number of nitrogens with zero attached hydrogens (tertiary/aromatic N) is 4. The zero-order chi connectivity index (χ0) is 13.0. The molecule has 0 spiro atoms. The van der Waals surface area contributed by atoms with Gasteiger partial charge >= 0.3 is 0 Å². The molecule has 0 aliphatic heterocycles. The number of nitriles is 1. The fourth-order valence-corrected chi connectivity index (χ4v) is 1.88. The second-order valence-electron chi connectivity index (χ2n) is 4.12. The van der Waals surface area contributed by atoms with Crippen molar-refractivity contribution in [3.8, 4) is 6.07 Å². The standard InChI is InChI=1S/C14H16N4/c1-3-13-16-14(4-2)18(17-13)10-12-7-5-6-11(8-12)9-15/h5-8H,3-4,10H2,1-2H3. The molecule has 0 saturated carbocycles. The number of hydrogen-bond donors (Lipinski definition) is 0. The van der Waals surface area contributed by atoms with Gasteiger partial charge in [0.1, 0.15) is 5.82 Å². The van der Waals surface area contributed by atoms with Crippen LogP contribution in [0.15, 0.2) is 24.3 Å². The van der Waals surface area contributed by atoms with Gasteiger partial charge in [0.2, 0.25) is 0 Å². The van der Waals surface area contributed by atoms with Crippen LogP contribution in [0.5, 0.6) is 0 Å². The Labute approximate surface area is 107 Å². The van der Waals surface area contributed by atoms with E-state index in [1.165, 1.54) is 0 Å². The van der Waals surface area contributed by atoms with Gasteiger partial charge in [0.05, 0.1) is 18.2 Å². The molecule has 0 fully saturated rings. The largest absolute Gasteiger partial charge is 0.245 e. The lowest BCUT2D eigenvalue weighted by molar-refractivity contribution is 0.637. The number of benzene rings is 1. The molecule has 0 amide bonds. The van der Waals surface area contributed by atoms with Crippen molar-refractivity contribution in [1.29, 1.82) is 5.26 Å². The normalized spacial score (nSPS) is 10.3. The molecule has 0 N–H and O–H groups in total. The second-order valence-corrected chi connectivity index (χ2v) is 4.12. The average molecular weight is 240 g/mol. The fraction of sp³-hybridized carbons (Fsp3) is 0.357. The molecule has 92 valence electrons. The quantitative estimate of drug-likeness (QED) is 0.824. The van der Waals surface area contributed by atoms with Crippen molar-refractivity contribution in [2.45, 2.75) is 33.2 Å². The molecule has 4 nitrogen and oxygen atoms in total. The molecule has 0 aliphatic rings. The zero-order valence-electron chi connectivity index (χ0n) is 10.7. The predicted molar refractivity (Wildman–Crippen MR) is 69.0 cm³/mol. The van der Waals surface area contributed by atoms with Crippen molar-refractivity contribution >= 4 is 0 Å². The third-order valence-corrected chi connectivity index (χ3v) is 2.81. The van der Waals surface area contributed by atoms with Crippen LogP contribution >= 0.6 is 0 Å². The maximum atomic E-state index is 8.89. The summed E-state index contributed by atoms with van der Waals surface area (Å²) in [4.78, 5) is 4.47. The van der Waals surface area contributed by atoms with E-state index in [-0.39, 0.29) is 0 Å². The Balaban J connectivity index is 2.27. The fourth-order valence-electron chi connectivity index (χ4n) is 1.88. The minimum atomic E-state index is 0.672. The number of hydrogen-bond acceptors (Lipinski definition) is 3. The van der Waals surface area contributed by atoms with E-state index in [2.05, 4.69) is 30.0 Å². The summed E-state index contributed by atoms with van der Waals surface area (Å²) in [6.45, 7) is 4.80. The van der Waals surface area contributed by atoms with Gasteiger partial charge in [-0.15, -0.1) is 0 Å². The molecule has 1 aromatic carbocycles. The van der Waals surface area contributed by atoms with Crippen LogP contribution in [0.4, 0.5) is 0 Å². The highest BCUT2D eigenvalue weighted by Crippen LogP contribution is 2.08. The average Bonchev–Trinajstić information content (AvgIpc) is 2.81. The first-order valence-electron chi connectivity index (χ1n) is 6.18. The van der Waals surface area contributed by atoms with E-state index in [0.717, 1.165) is 30.1 Å². The van der Waals surface area contributed by atoms with Gasteiger partial charge in [0.15, 0.2) is 5.82 Å². The highest BCUT2D eigenvalue weighted by Gasteiger charge is 2.07. The Bertz CT molecular complexity index is 578. The van der Waals surface area contributed by atoms with Gasteiger partial charge in [-0.05, 0) is 17.7 Å². The molecule has 0 saturated heterocycles. The van der Waals surface area contributed by atoms with Gasteiger partial charge in [0, 0.05) is 12.8 Å². The second kappa shape index (κ2) is 5.46. The number of aryl methyl sites for hydroxylation is 2. The van der Waals surface area contributed by atoms with E-state index in [1.54, 1.807) is 0 Å². The molecule has 18 heavy (non-hydrogen) atoms. The third kappa shape index (κ3) is 2.57. The van der Waals surface area contributed by atoms with E-state index in [4.69, 9.17) is 5.26 Å². The summed E-state index contributed by atoms with van der Waals surface area (Å²) in [5.74, 6) is 1.87. The van der Waals surface area contributed by atoms with Gasteiger partial charge in [-0.3, -0.25) is 0 Å². The molecule has 0 atom stereocenters. The number of aromatic nitrogens is 3. The van der Waals surface area contributed by atoms with Crippen LogP contribution in [0.1, 0.15) is 36.6 Å². The van der Waals surface area contributed by atoms with E-state index in [0.29, 0.717) is 12.1 Å². The van der Waals surface area contributed by atoms with E-state index in [1.807, 2.05) is 28.9 Å². The minimum absolute atomic E-state index is 0.672. The van der Waals surface area contributed by atoms with Crippen molar-refractivity contribution in [3.05, 3.63) is 47.0 Å². The predicted octanol–water partition coefficient (Wildman–Crippen LogP) is 2.32. The van der Waals surface area contributed by atoms with Crippen LogP contribution in [0.3, 0.4) is 0 Å². The molecule has 2 aromatic rings. The van der Waals surface area contributed by atoms with Crippen LogP contribution in [-0.2, 0) is 19.4 Å². The van der Waals surface area contributed by atoms with Crippen LogP contribution in [0, 0.1) is 11.3 Å². The maximum absolute atomic E-state index is 8.89. The SMILES string of the molecule is CCc1nc(CC)n(Cc2cccc(C#N)c2)n1. The lowest BCUT2D eigenvalue weighted by atomic mass is 10.1. The van der Waals surface area contributed by atoms with Gasteiger partial charge < -0.3 is 0 Å². The zero-order valence-corrected chi connectivity index (χ0v) is 10.7. The van der Waals surface area contributed by atoms with Gasteiger partial charge in [-0.1, -0.05) is 26.0 Å². The van der Waals surface area contributed by atoms with Gasteiger partial charge in [0.25, 0.3) is 0 Å². The van der Waals surface area contributed by atoms with E-state index < -0.39 is 0 Å². The Morgan fingerprint density at radius 3 is 2.78 bits per heavy atom. The molecule has 2 rings (SSSR count). The Morgan fingerprint density at radius 1 is 1.28 bits per heavy atom. The molecular weight excluding hydrogens is 224 g/mol. The molecule has 0 radical (unpaired) electrons. The Hall–Kier alpha value is -2.15. The van der Waals surface area contributed by atoms with Crippen molar-refractivity contribution < 1.29 is 0 Å². The van der Waals surface area contributed by atoms with Crippen molar-refractivity contribution in [3.63, 3.8) is 0 Å².